The minimum atomic E-state index is -1.17. The fourth-order valence-corrected chi connectivity index (χ4v) is 5.75. The Hall–Kier alpha value is -4.59. The van der Waals surface area contributed by atoms with Crippen molar-refractivity contribution in [2.75, 3.05) is 11.4 Å². The summed E-state index contributed by atoms with van der Waals surface area (Å²) in [7, 11) is 0. The minimum absolute atomic E-state index is 0.0774. The second-order valence-corrected chi connectivity index (χ2v) is 11.9. The second kappa shape index (κ2) is 11.5. The van der Waals surface area contributed by atoms with Crippen molar-refractivity contribution in [2.45, 2.75) is 44.8 Å². The van der Waals surface area contributed by atoms with Gasteiger partial charge in [0.15, 0.2) is 5.15 Å². The zero-order valence-electron chi connectivity index (χ0n) is 23.6. The number of nitrogens with zero attached hydrogens (tertiary/aromatic N) is 8. The summed E-state index contributed by atoms with van der Waals surface area (Å²) in [6.07, 6.45) is 3.31. The number of hydrogen-bond acceptors (Lipinski definition) is 8. The van der Waals surface area contributed by atoms with Gasteiger partial charge in [0.1, 0.15) is 18.0 Å². The molecule has 15 heteroatoms. The van der Waals surface area contributed by atoms with E-state index >= 15 is 0 Å². The van der Waals surface area contributed by atoms with Crippen LogP contribution in [-0.4, -0.2) is 68.2 Å². The van der Waals surface area contributed by atoms with Crippen molar-refractivity contribution in [3.05, 3.63) is 87.0 Å². The van der Waals surface area contributed by atoms with Crippen LogP contribution in [0.3, 0.4) is 0 Å². The number of carbonyl (C=O) groups is 1. The van der Waals surface area contributed by atoms with Gasteiger partial charge in [-0.3, -0.25) is 9.69 Å². The molecule has 44 heavy (non-hydrogen) atoms. The molecule has 0 bridgehead atoms. The first-order chi connectivity index (χ1) is 21.0. The van der Waals surface area contributed by atoms with Crippen LogP contribution in [0.25, 0.3) is 28.1 Å². The number of hydrogen-bond donors (Lipinski definition) is 3. The van der Waals surface area contributed by atoms with Crippen LogP contribution >= 0.6 is 23.2 Å². The number of amides is 1. The van der Waals surface area contributed by atoms with Crippen molar-refractivity contribution in [2.24, 2.45) is 0 Å². The number of halogens is 2. The highest BCUT2D eigenvalue weighted by atomic mass is 35.5. The van der Waals surface area contributed by atoms with Crippen LogP contribution in [0.15, 0.2) is 59.8 Å². The summed E-state index contributed by atoms with van der Waals surface area (Å²) in [5, 5.41) is 31.8. The molecule has 0 radical (unpaired) electrons. The number of rotatable bonds is 8. The third-order valence-corrected chi connectivity index (χ3v) is 7.99. The molecule has 3 N–H and O–H groups in total. The first kappa shape index (κ1) is 29.5. The lowest BCUT2D eigenvalue weighted by atomic mass is 10.0. The predicted octanol–water partition coefficient (Wildman–Crippen LogP) is 4.76. The fourth-order valence-electron chi connectivity index (χ4n) is 5.33. The fraction of sp³-hybridized carbons (Fsp3) is 0.276. The number of aliphatic hydroxyl groups is 1. The molecule has 4 aromatic heterocycles. The van der Waals surface area contributed by atoms with Gasteiger partial charge in [-0.2, -0.15) is 4.68 Å². The van der Waals surface area contributed by atoms with E-state index in [1.54, 1.807) is 54.8 Å². The highest BCUT2D eigenvalue weighted by Crippen LogP contribution is 2.36. The number of anilines is 1. The van der Waals surface area contributed by atoms with E-state index in [1.807, 2.05) is 6.07 Å². The Morgan fingerprint density at radius 2 is 1.98 bits per heavy atom. The molecule has 5 aromatic rings. The van der Waals surface area contributed by atoms with Crippen LogP contribution in [0.1, 0.15) is 44.2 Å². The molecule has 1 aliphatic rings. The van der Waals surface area contributed by atoms with Crippen LogP contribution in [0.2, 0.25) is 10.2 Å². The molecule has 0 saturated carbocycles. The predicted molar refractivity (Wildman–Crippen MR) is 163 cm³/mol. The molecule has 5 heterocycles. The minimum Gasteiger partial charge on any atom is -0.465 e. The van der Waals surface area contributed by atoms with Crippen LogP contribution < -0.4 is 10.5 Å². The number of imidazole rings is 1. The molecule has 226 valence electrons. The van der Waals surface area contributed by atoms with Crippen molar-refractivity contribution in [1.82, 2.24) is 39.7 Å². The first-order valence-corrected chi connectivity index (χ1v) is 14.5. The van der Waals surface area contributed by atoms with E-state index in [0.717, 1.165) is 16.2 Å². The molecule has 0 spiro atoms. The maximum absolute atomic E-state index is 13.5. The zero-order chi connectivity index (χ0) is 31.2. The second-order valence-electron chi connectivity index (χ2n) is 11.1. The van der Waals surface area contributed by atoms with Gasteiger partial charge < -0.3 is 19.8 Å². The number of aryl methyl sites for hydroxylation is 1. The van der Waals surface area contributed by atoms with Gasteiger partial charge >= 0.3 is 6.09 Å². The SMILES string of the molecule is CC(C)(O)CCN(C(=O)O)c1ccc(-c2[nH]c([C@@H]3CCc4cc(-c5cc(Cl)ccc5-n5cnnn5)cc(=O)n43)nc2Cl)cn1. The van der Waals surface area contributed by atoms with Crippen LogP contribution in [0.4, 0.5) is 10.6 Å². The Bertz CT molecular complexity index is 1900. The topological polar surface area (TPSA) is 168 Å². The molecule has 1 aromatic carbocycles. The maximum Gasteiger partial charge on any atom is 0.413 e. The normalized spacial score (nSPS) is 14.5. The lowest BCUT2D eigenvalue weighted by Crippen LogP contribution is -2.35. The van der Waals surface area contributed by atoms with E-state index in [9.17, 15) is 19.8 Å². The Labute approximate surface area is 260 Å². The van der Waals surface area contributed by atoms with Gasteiger partial charge in [0.05, 0.1) is 23.0 Å². The number of tetrazole rings is 1. The van der Waals surface area contributed by atoms with Crippen molar-refractivity contribution < 1.29 is 15.0 Å². The Kier molecular flexibility index (Phi) is 7.70. The lowest BCUT2D eigenvalue weighted by molar-refractivity contribution is 0.0730. The number of nitrogens with one attached hydrogen (secondary N) is 1. The van der Waals surface area contributed by atoms with Crippen LogP contribution in [0.5, 0.6) is 0 Å². The summed E-state index contributed by atoms with van der Waals surface area (Å²) in [6, 6.07) is 11.7. The third kappa shape index (κ3) is 5.81. The number of carboxylic acid groups (broad SMARTS) is 1. The molecule has 1 amide bonds. The van der Waals surface area contributed by atoms with Gasteiger partial charge in [-0.15, -0.1) is 5.10 Å². The summed E-state index contributed by atoms with van der Waals surface area (Å²) in [4.78, 5) is 38.5. The summed E-state index contributed by atoms with van der Waals surface area (Å²) in [5.74, 6) is 0.744. The zero-order valence-corrected chi connectivity index (χ0v) is 25.2. The lowest BCUT2D eigenvalue weighted by Gasteiger charge is -2.23. The van der Waals surface area contributed by atoms with Gasteiger partial charge in [0, 0.05) is 40.7 Å². The Morgan fingerprint density at radius 3 is 2.66 bits per heavy atom. The van der Waals surface area contributed by atoms with Crippen molar-refractivity contribution >= 4 is 35.1 Å². The van der Waals surface area contributed by atoms with E-state index in [1.165, 1.54) is 17.2 Å². The molecular weight excluding hydrogens is 609 g/mol. The van der Waals surface area contributed by atoms with Gasteiger partial charge in [0.25, 0.3) is 5.56 Å². The molecule has 0 unspecified atom stereocenters. The number of pyridine rings is 2. The van der Waals surface area contributed by atoms with Crippen molar-refractivity contribution in [3.8, 4) is 28.1 Å². The maximum atomic E-state index is 13.5. The van der Waals surface area contributed by atoms with Gasteiger partial charge in [-0.25, -0.2) is 14.8 Å². The first-order valence-electron chi connectivity index (χ1n) is 13.7. The average molecular weight is 637 g/mol. The average Bonchev–Trinajstić information content (AvgIpc) is 3.73. The van der Waals surface area contributed by atoms with Gasteiger partial charge in [-0.05, 0) is 85.5 Å². The molecule has 1 aliphatic heterocycles. The summed E-state index contributed by atoms with van der Waals surface area (Å²) in [6.45, 7) is 3.31. The third-order valence-electron chi connectivity index (χ3n) is 7.48. The van der Waals surface area contributed by atoms with Crippen LogP contribution in [0, 0.1) is 0 Å². The Balaban J connectivity index is 1.28. The Morgan fingerprint density at radius 1 is 1.16 bits per heavy atom. The molecule has 0 fully saturated rings. The van der Waals surface area contributed by atoms with E-state index in [-0.39, 0.29) is 35.5 Å². The standard InChI is InChI=1S/C29H27Cl2N9O4/c1-29(2,44)9-10-38(28(42)43)23-8-3-16(14-32-23)25-26(31)35-27(34-25)22-7-5-19-11-17(12-24(41)40(19)22)20-13-18(30)4-6-21(20)39-15-33-36-37-39/h3-4,6,8,11-15,22,44H,5,7,9-10H2,1-2H3,(H,34,35)(H,42,43)/t22-/m0/s1. The summed E-state index contributed by atoms with van der Waals surface area (Å²) >= 11 is 12.9. The van der Waals surface area contributed by atoms with Crippen LogP contribution in [-0.2, 0) is 6.42 Å². The largest absolute Gasteiger partial charge is 0.465 e. The molecule has 0 saturated heterocycles. The van der Waals surface area contributed by atoms with Gasteiger partial charge in [0.2, 0.25) is 0 Å². The number of aromatic amines is 1. The van der Waals surface area contributed by atoms with Gasteiger partial charge in [-0.1, -0.05) is 23.2 Å². The van der Waals surface area contributed by atoms with Crippen molar-refractivity contribution in [1.29, 1.82) is 0 Å². The van der Waals surface area contributed by atoms with E-state index in [4.69, 9.17) is 23.2 Å². The number of benzene rings is 1. The number of fused-ring (bicyclic) bond motifs is 1. The molecule has 13 nitrogen and oxygen atoms in total. The monoisotopic (exact) mass is 635 g/mol. The number of aromatic nitrogens is 8. The quantitative estimate of drug-likeness (QED) is 0.217. The molecular formula is C29H27Cl2N9O4. The van der Waals surface area contributed by atoms with E-state index < -0.39 is 11.7 Å². The highest BCUT2D eigenvalue weighted by molar-refractivity contribution is 6.32. The smallest absolute Gasteiger partial charge is 0.413 e. The molecule has 6 rings (SSSR count). The molecule has 0 aliphatic carbocycles. The van der Waals surface area contributed by atoms with E-state index in [0.29, 0.717) is 46.2 Å². The number of H-pyrrole nitrogens is 1. The molecule has 1 atom stereocenters. The highest BCUT2D eigenvalue weighted by Gasteiger charge is 2.29. The van der Waals surface area contributed by atoms with Crippen molar-refractivity contribution in [3.63, 3.8) is 0 Å². The summed E-state index contributed by atoms with van der Waals surface area (Å²) < 4.78 is 3.22. The van der Waals surface area contributed by atoms with E-state index in [2.05, 4.69) is 30.5 Å². The summed E-state index contributed by atoms with van der Waals surface area (Å²) in [5.41, 5.74) is 2.80.